The van der Waals surface area contributed by atoms with Crippen molar-refractivity contribution < 1.29 is 0 Å². The summed E-state index contributed by atoms with van der Waals surface area (Å²) in [7, 11) is 0. The lowest BCUT2D eigenvalue weighted by atomic mass is 9.80. The predicted molar refractivity (Wildman–Crippen MR) is 70.4 cm³/mol. The zero-order valence-corrected chi connectivity index (χ0v) is 10.1. The normalized spacial score (nSPS) is 17.2. The van der Waals surface area contributed by atoms with Crippen LogP contribution in [0.3, 0.4) is 0 Å². The third-order valence-corrected chi connectivity index (χ3v) is 3.56. The van der Waals surface area contributed by atoms with E-state index in [-0.39, 0.29) is 0 Å². The Morgan fingerprint density at radius 2 is 2.00 bits per heavy atom. The predicted octanol–water partition coefficient (Wildman–Crippen LogP) is 3.71. The summed E-state index contributed by atoms with van der Waals surface area (Å²) in [5.41, 5.74) is 9.68. The van der Waals surface area contributed by atoms with Crippen molar-refractivity contribution in [1.29, 1.82) is 0 Å². The zero-order chi connectivity index (χ0) is 11.4. The first-order valence-corrected chi connectivity index (χ1v) is 6.28. The van der Waals surface area contributed by atoms with Gasteiger partial charge in [0.15, 0.2) is 0 Å². The summed E-state index contributed by atoms with van der Waals surface area (Å²) in [6.07, 6.45) is 7.35. The Morgan fingerprint density at radius 3 is 2.50 bits per heavy atom. The van der Waals surface area contributed by atoms with E-state index in [9.17, 15) is 0 Å². The van der Waals surface area contributed by atoms with E-state index >= 15 is 0 Å². The summed E-state index contributed by atoms with van der Waals surface area (Å²) >= 11 is 0. The molecule has 1 aliphatic carbocycles. The third kappa shape index (κ3) is 2.53. The maximum atomic E-state index is 5.50. The molecule has 16 heavy (non-hydrogen) atoms. The third-order valence-electron chi connectivity index (χ3n) is 3.56. The van der Waals surface area contributed by atoms with Crippen LogP contribution >= 0.6 is 0 Å². The molecule has 0 spiro atoms. The van der Waals surface area contributed by atoms with Gasteiger partial charge in [-0.25, -0.2) is 0 Å². The molecule has 1 aliphatic rings. The molecule has 0 radical (unpaired) electrons. The van der Waals surface area contributed by atoms with Crippen molar-refractivity contribution in [1.82, 2.24) is 0 Å². The molecule has 0 unspecified atom stereocenters. The van der Waals surface area contributed by atoms with Crippen molar-refractivity contribution in [2.45, 2.75) is 38.5 Å². The molecule has 1 fully saturated rings. The minimum atomic E-state index is 0.734. The first-order chi connectivity index (χ1) is 7.81. The Morgan fingerprint density at radius 1 is 1.31 bits per heavy atom. The van der Waals surface area contributed by atoms with Crippen LogP contribution in [-0.4, -0.2) is 6.54 Å². The van der Waals surface area contributed by atoms with Crippen molar-refractivity contribution in [3.63, 3.8) is 0 Å². The summed E-state index contributed by atoms with van der Waals surface area (Å²) in [6, 6.07) is 9.07. The monoisotopic (exact) mass is 215 g/mol. The van der Waals surface area contributed by atoms with Crippen LogP contribution in [0.1, 0.15) is 49.7 Å². The Bertz CT molecular complexity index is 358. The molecule has 2 rings (SSSR count). The number of rotatable bonds is 4. The first-order valence-electron chi connectivity index (χ1n) is 6.28. The summed E-state index contributed by atoms with van der Waals surface area (Å²) in [5.74, 6) is 0.836. The molecule has 0 aromatic heterocycles. The lowest BCUT2D eigenvalue weighted by Crippen LogP contribution is -2.08. The van der Waals surface area contributed by atoms with Crippen LogP contribution in [0.25, 0.3) is 5.57 Å². The van der Waals surface area contributed by atoms with Crippen molar-refractivity contribution in [3.8, 4) is 0 Å². The first kappa shape index (κ1) is 11.4. The molecule has 86 valence electrons. The number of nitrogens with two attached hydrogens (primary N) is 1. The lowest BCUT2D eigenvalue weighted by Gasteiger charge is -2.25. The molecule has 2 N–H and O–H groups in total. The average Bonchev–Trinajstić information content (AvgIpc) is 2.24. The molecule has 0 saturated heterocycles. The van der Waals surface area contributed by atoms with Crippen LogP contribution in [-0.2, 0) is 0 Å². The molecule has 1 saturated carbocycles. The van der Waals surface area contributed by atoms with E-state index in [1.54, 1.807) is 0 Å². The number of hydrogen-bond donors (Lipinski definition) is 1. The van der Waals surface area contributed by atoms with Crippen LogP contribution in [0.15, 0.2) is 30.3 Å². The Kier molecular flexibility index (Phi) is 3.79. The minimum Gasteiger partial charge on any atom is -0.330 e. The van der Waals surface area contributed by atoms with Crippen LogP contribution in [0.4, 0.5) is 0 Å². The molecule has 0 amide bonds. The van der Waals surface area contributed by atoms with Gasteiger partial charge in [0.25, 0.3) is 0 Å². The van der Waals surface area contributed by atoms with Gasteiger partial charge in [-0.3, -0.25) is 0 Å². The maximum Gasteiger partial charge on any atom is -0.00424 e. The van der Waals surface area contributed by atoms with E-state index in [0.717, 1.165) is 18.9 Å². The Balaban J connectivity index is 2.06. The van der Waals surface area contributed by atoms with Crippen LogP contribution in [0.2, 0.25) is 0 Å². The average molecular weight is 215 g/mol. The largest absolute Gasteiger partial charge is 0.330 e. The Hall–Kier alpha value is -1.08. The smallest absolute Gasteiger partial charge is 0.00424 e. The number of allylic oxidation sites excluding steroid dienone is 1. The molecule has 0 aliphatic heterocycles. The van der Waals surface area contributed by atoms with Crippen LogP contribution in [0, 0.1) is 0 Å². The summed E-state index contributed by atoms with van der Waals surface area (Å²) < 4.78 is 0. The quantitative estimate of drug-likeness (QED) is 0.814. The topological polar surface area (TPSA) is 26.0 Å². The van der Waals surface area contributed by atoms with Crippen LogP contribution < -0.4 is 5.73 Å². The molecule has 1 aromatic rings. The molecule has 1 aromatic carbocycles. The van der Waals surface area contributed by atoms with Gasteiger partial charge < -0.3 is 5.73 Å². The van der Waals surface area contributed by atoms with Gasteiger partial charge in [0.2, 0.25) is 0 Å². The number of benzene rings is 1. The standard InChI is InChI=1S/C15H21N/c1-12(4-3-11-16)13-7-9-15(10-8-13)14-5-2-6-14/h4,7-10,14H,2-3,5-6,11,16H2,1H3/b12-4-. The molecule has 1 heteroatoms. The van der Waals surface area contributed by atoms with Crippen molar-refractivity contribution in [2.24, 2.45) is 5.73 Å². The molecule has 0 bridgehead atoms. The summed E-state index contributed by atoms with van der Waals surface area (Å²) in [5, 5.41) is 0. The van der Waals surface area contributed by atoms with E-state index in [0.29, 0.717) is 0 Å². The highest BCUT2D eigenvalue weighted by molar-refractivity contribution is 5.63. The molecule has 1 nitrogen and oxygen atoms in total. The van der Waals surface area contributed by atoms with Gasteiger partial charge in [0.1, 0.15) is 0 Å². The molecule has 0 atom stereocenters. The summed E-state index contributed by atoms with van der Waals surface area (Å²) in [6.45, 7) is 2.89. The van der Waals surface area contributed by atoms with Gasteiger partial charge in [-0.15, -0.1) is 0 Å². The molecule has 0 heterocycles. The van der Waals surface area contributed by atoms with Crippen molar-refractivity contribution >= 4 is 5.57 Å². The van der Waals surface area contributed by atoms with Gasteiger partial charge >= 0.3 is 0 Å². The van der Waals surface area contributed by atoms with Gasteiger partial charge in [0.05, 0.1) is 0 Å². The highest BCUT2D eigenvalue weighted by Crippen LogP contribution is 2.36. The van der Waals surface area contributed by atoms with E-state index in [4.69, 9.17) is 5.73 Å². The lowest BCUT2D eigenvalue weighted by molar-refractivity contribution is 0.420. The van der Waals surface area contributed by atoms with Gasteiger partial charge in [-0.2, -0.15) is 0 Å². The van der Waals surface area contributed by atoms with Crippen molar-refractivity contribution in [2.75, 3.05) is 6.54 Å². The summed E-state index contributed by atoms with van der Waals surface area (Å²) in [4.78, 5) is 0. The highest BCUT2D eigenvalue weighted by Gasteiger charge is 2.18. The number of hydrogen-bond acceptors (Lipinski definition) is 1. The fraction of sp³-hybridized carbons (Fsp3) is 0.467. The minimum absolute atomic E-state index is 0.734. The van der Waals surface area contributed by atoms with Crippen LogP contribution in [0.5, 0.6) is 0 Å². The highest BCUT2D eigenvalue weighted by atomic mass is 14.5. The van der Waals surface area contributed by atoms with Gasteiger partial charge in [0, 0.05) is 0 Å². The van der Waals surface area contributed by atoms with E-state index in [2.05, 4.69) is 37.3 Å². The second kappa shape index (κ2) is 5.31. The van der Waals surface area contributed by atoms with Crippen molar-refractivity contribution in [3.05, 3.63) is 41.5 Å². The van der Waals surface area contributed by atoms with E-state index in [1.807, 2.05) is 0 Å². The maximum absolute atomic E-state index is 5.50. The van der Waals surface area contributed by atoms with Gasteiger partial charge in [-0.05, 0) is 55.3 Å². The molecular weight excluding hydrogens is 194 g/mol. The molecular formula is C15H21N. The fourth-order valence-electron chi connectivity index (χ4n) is 2.18. The van der Waals surface area contributed by atoms with E-state index < -0.39 is 0 Å². The zero-order valence-electron chi connectivity index (χ0n) is 10.1. The second-order valence-electron chi connectivity index (χ2n) is 4.71. The Labute approximate surface area is 98.4 Å². The SMILES string of the molecule is C/C(=C/CCN)c1ccc(C2CCC2)cc1. The van der Waals surface area contributed by atoms with Gasteiger partial charge in [-0.1, -0.05) is 36.8 Å². The fourth-order valence-corrected chi connectivity index (χ4v) is 2.18. The van der Waals surface area contributed by atoms with E-state index in [1.165, 1.54) is 36.0 Å². The second-order valence-corrected chi connectivity index (χ2v) is 4.71.